The van der Waals surface area contributed by atoms with Gasteiger partial charge in [0.05, 0.1) is 13.5 Å². The molecule has 2 rings (SSSR count). The standard InChI is InChI=1S/C20H22FNO3/c1-25-20(24)18(9-5-8-15-6-3-2-4-7-15)22-19(23)14-16-10-12-17(21)13-11-16/h2-4,6-7,10-13,18H,5,8-9,14H2,1H3,(H,22,23)/t18-/m0/s1. The molecule has 0 aliphatic heterocycles. The number of carbonyl (C=O) groups excluding carboxylic acids is 2. The van der Waals surface area contributed by atoms with Gasteiger partial charge < -0.3 is 10.1 Å². The maximum atomic E-state index is 12.9. The van der Waals surface area contributed by atoms with Crippen molar-refractivity contribution in [3.63, 3.8) is 0 Å². The van der Waals surface area contributed by atoms with Crippen LogP contribution in [0.4, 0.5) is 4.39 Å². The number of halogens is 1. The Morgan fingerprint density at radius 1 is 1.04 bits per heavy atom. The molecule has 0 heterocycles. The van der Waals surface area contributed by atoms with Crippen LogP contribution in [0.3, 0.4) is 0 Å². The topological polar surface area (TPSA) is 55.4 Å². The number of aryl methyl sites for hydroxylation is 1. The van der Waals surface area contributed by atoms with Crippen LogP contribution in [-0.4, -0.2) is 25.0 Å². The molecule has 1 N–H and O–H groups in total. The van der Waals surface area contributed by atoms with Crippen LogP contribution >= 0.6 is 0 Å². The van der Waals surface area contributed by atoms with Gasteiger partial charge in [-0.05, 0) is 42.5 Å². The first-order valence-corrected chi connectivity index (χ1v) is 8.24. The van der Waals surface area contributed by atoms with Gasteiger partial charge in [0.2, 0.25) is 5.91 Å². The molecule has 4 nitrogen and oxygen atoms in total. The summed E-state index contributed by atoms with van der Waals surface area (Å²) in [5, 5.41) is 2.71. The Morgan fingerprint density at radius 2 is 1.72 bits per heavy atom. The third-order valence-electron chi connectivity index (χ3n) is 3.90. The van der Waals surface area contributed by atoms with Gasteiger partial charge in [-0.3, -0.25) is 4.79 Å². The highest BCUT2D eigenvalue weighted by molar-refractivity contribution is 5.85. The third kappa shape index (κ3) is 6.37. The summed E-state index contributed by atoms with van der Waals surface area (Å²) >= 11 is 0. The van der Waals surface area contributed by atoms with E-state index in [9.17, 15) is 14.0 Å². The Labute approximate surface area is 147 Å². The Bertz CT molecular complexity index is 686. The van der Waals surface area contributed by atoms with Crippen LogP contribution in [0, 0.1) is 5.82 Å². The minimum atomic E-state index is -0.679. The van der Waals surface area contributed by atoms with E-state index in [0.717, 1.165) is 12.8 Å². The second-order valence-corrected chi connectivity index (χ2v) is 5.82. The van der Waals surface area contributed by atoms with E-state index in [1.54, 1.807) is 12.1 Å². The molecule has 5 heteroatoms. The summed E-state index contributed by atoms with van der Waals surface area (Å²) in [7, 11) is 1.30. The fourth-order valence-corrected chi connectivity index (χ4v) is 2.58. The lowest BCUT2D eigenvalue weighted by Gasteiger charge is -2.16. The predicted octanol–water partition coefficient (Wildman–Crippen LogP) is 3.05. The maximum Gasteiger partial charge on any atom is 0.328 e. The molecule has 0 unspecified atom stereocenters. The molecular formula is C20H22FNO3. The molecule has 1 atom stereocenters. The van der Waals surface area contributed by atoms with Gasteiger partial charge in [-0.15, -0.1) is 0 Å². The predicted molar refractivity (Wildman–Crippen MR) is 93.4 cm³/mol. The molecule has 0 aliphatic rings. The second kappa shape index (κ2) is 9.57. The molecule has 0 fully saturated rings. The number of methoxy groups -OCH3 is 1. The van der Waals surface area contributed by atoms with Crippen molar-refractivity contribution in [1.29, 1.82) is 0 Å². The third-order valence-corrected chi connectivity index (χ3v) is 3.90. The fourth-order valence-electron chi connectivity index (χ4n) is 2.58. The maximum absolute atomic E-state index is 12.9. The lowest BCUT2D eigenvalue weighted by molar-refractivity contribution is -0.145. The zero-order chi connectivity index (χ0) is 18.1. The number of rotatable bonds is 8. The highest BCUT2D eigenvalue weighted by Gasteiger charge is 2.21. The van der Waals surface area contributed by atoms with Crippen LogP contribution in [0.2, 0.25) is 0 Å². The van der Waals surface area contributed by atoms with Gasteiger partial charge in [0.1, 0.15) is 11.9 Å². The van der Waals surface area contributed by atoms with E-state index >= 15 is 0 Å². The summed E-state index contributed by atoms with van der Waals surface area (Å²) in [6.07, 6.45) is 2.16. The number of carbonyl (C=O) groups is 2. The van der Waals surface area contributed by atoms with Gasteiger partial charge in [-0.2, -0.15) is 0 Å². The van der Waals surface area contributed by atoms with E-state index in [0.29, 0.717) is 12.0 Å². The fraction of sp³-hybridized carbons (Fsp3) is 0.300. The summed E-state index contributed by atoms with van der Waals surface area (Å²) in [4.78, 5) is 24.0. The quantitative estimate of drug-likeness (QED) is 0.750. The molecule has 0 aromatic heterocycles. The minimum absolute atomic E-state index is 0.0897. The summed E-state index contributed by atoms with van der Waals surface area (Å²) in [5.74, 6) is -1.10. The zero-order valence-electron chi connectivity index (χ0n) is 14.2. The normalized spacial score (nSPS) is 11.6. The molecule has 0 saturated carbocycles. The van der Waals surface area contributed by atoms with E-state index in [4.69, 9.17) is 4.74 Å². The lowest BCUT2D eigenvalue weighted by atomic mass is 10.0. The van der Waals surface area contributed by atoms with Crippen molar-refractivity contribution in [3.8, 4) is 0 Å². The van der Waals surface area contributed by atoms with Crippen LogP contribution in [0.5, 0.6) is 0 Å². The molecule has 132 valence electrons. The van der Waals surface area contributed by atoms with Crippen molar-refractivity contribution in [1.82, 2.24) is 5.32 Å². The first-order chi connectivity index (χ1) is 12.1. The lowest BCUT2D eigenvalue weighted by Crippen LogP contribution is -2.42. The highest BCUT2D eigenvalue weighted by Crippen LogP contribution is 2.09. The average molecular weight is 343 g/mol. The van der Waals surface area contributed by atoms with Crippen molar-refractivity contribution in [2.75, 3.05) is 7.11 Å². The summed E-state index contributed by atoms with van der Waals surface area (Å²) in [6, 6.07) is 15.0. The number of esters is 1. The van der Waals surface area contributed by atoms with Gasteiger partial charge in [0.15, 0.2) is 0 Å². The molecule has 2 aromatic rings. The van der Waals surface area contributed by atoms with Crippen LogP contribution in [-0.2, 0) is 27.2 Å². The van der Waals surface area contributed by atoms with Crippen molar-refractivity contribution >= 4 is 11.9 Å². The first-order valence-electron chi connectivity index (χ1n) is 8.24. The van der Waals surface area contributed by atoms with Gasteiger partial charge in [0.25, 0.3) is 0 Å². The SMILES string of the molecule is COC(=O)[C@H](CCCc1ccccc1)NC(=O)Cc1ccc(F)cc1. The van der Waals surface area contributed by atoms with Crippen LogP contribution < -0.4 is 5.32 Å². The van der Waals surface area contributed by atoms with Crippen LogP contribution in [0.25, 0.3) is 0 Å². The number of hydrogen-bond acceptors (Lipinski definition) is 3. The van der Waals surface area contributed by atoms with Crippen molar-refractivity contribution in [2.24, 2.45) is 0 Å². The summed E-state index contributed by atoms with van der Waals surface area (Å²) in [5.41, 5.74) is 1.87. The molecule has 0 saturated heterocycles. The Morgan fingerprint density at radius 3 is 2.36 bits per heavy atom. The van der Waals surface area contributed by atoms with Gasteiger partial charge >= 0.3 is 5.97 Å². The number of nitrogens with one attached hydrogen (secondary N) is 1. The molecule has 0 aliphatic carbocycles. The van der Waals surface area contributed by atoms with E-state index in [2.05, 4.69) is 5.32 Å². The van der Waals surface area contributed by atoms with E-state index in [1.165, 1.54) is 24.8 Å². The van der Waals surface area contributed by atoms with Crippen molar-refractivity contribution in [2.45, 2.75) is 31.7 Å². The number of benzene rings is 2. The summed E-state index contributed by atoms with van der Waals surface area (Å²) < 4.78 is 17.7. The first kappa shape index (κ1) is 18.6. The monoisotopic (exact) mass is 343 g/mol. The second-order valence-electron chi connectivity index (χ2n) is 5.82. The minimum Gasteiger partial charge on any atom is -0.467 e. The van der Waals surface area contributed by atoms with E-state index < -0.39 is 12.0 Å². The van der Waals surface area contributed by atoms with Crippen LogP contribution in [0.15, 0.2) is 54.6 Å². The Kier molecular flexibility index (Phi) is 7.14. The van der Waals surface area contributed by atoms with E-state index in [1.807, 2.05) is 30.3 Å². The number of amides is 1. The molecule has 2 aromatic carbocycles. The number of hydrogen-bond donors (Lipinski definition) is 1. The molecule has 0 bridgehead atoms. The molecule has 0 spiro atoms. The Balaban J connectivity index is 1.87. The average Bonchev–Trinajstić information content (AvgIpc) is 2.63. The van der Waals surface area contributed by atoms with E-state index in [-0.39, 0.29) is 18.1 Å². The molecule has 1 amide bonds. The largest absolute Gasteiger partial charge is 0.467 e. The van der Waals surface area contributed by atoms with Gasteiger partial charge in [-0.25, -0.2) is 9.18 Å². The molecular weight excluding hydrogens is 321 g/mol. The smallest absolute Gasteiger partial charge is 0.328 e. The summed E-state index contributed by atoms with van der Waals surface area (Å²) in [6.45, 7) is 0. The highest BCUT2D eigenvalue weighted by atomic mass is 19.1. The molecule has 25 heavy (non-hydrogen) atoms. The number of ether oxygens (including phenoxy) is 1. The van der Waals surface area contributed by atoms with Crippen molar-refractivity contribution in [3.05, 3.63) is 71.5 Å². The van der Waals surface area contributed by atoms with Gasteiger partial charge in [-0.1, -0.05) is 42.5 Å². The van der Waals surface area contributed by atoms with Crippen molar-refractivity contribution < 1.29 is 18.7 Å². The Hall–Kier alpha value is -2.69. The van der Waals surface area contributed by atoms with Crippen LogP contribution in [0.1, 0.15) is 24.0 Å². The zero-order valence-corrected chi connectivity index (χ0v) is 14.2. The van der Waals surface area contributed by atoms with Gasteiger partial charge in [0, 0.05) is 0 Å². The molecule has 0 radical (unpaired) electrons.